The summed E-state index contributed by atoms with van der Waals surface area (Å²) in [6.07, 6.45) is 3.17. The number of anilines is 1. The lowest BCUT2D eigenvalue weighted by molar-refractivity contribution is 0.100. The maximum Gasteiger partial charge on any atom is 0.251 e. The molecule has 76 valence electrons. The number of hydrogen-bond acceptors (Lipinski definition) is 3. The fraction of sp³-hybridized carbons (Fsp3) is 0.500. The van der Waals surface area contributed by atoms with Crippen molar-refractivity contribution in [3.8, 4) is 0 Å². The molecule has 1 aliphatic rings. The number of carbonyl (C=O) groups is 1. The van der Waals surface area contributed by atoms with Gasteiger partial charge in [-0.15, -0.1) is 11.3 Å². The van der Waals surface area contributed by atoms with Crippen LogP contribution in [0.4, 0.5) is 5.00 Å². The van der Waals surface area contributed by atoms with E-state index in [0.29, 0.717) is 16.5 Å². The van der Waals surface area contributed by atoms with E-state index in [9.17, 15) is 4.79 Å². The molecule has 1 aromatic rings. The zero-order valence-electron chi connectivity index (χ0n) is 8.17. The van der Waals surface area contributed by atoms with Crippen molar-refractivity contribution in [3.05, 3.63) is 16.0 Å². The molecular weight excluding hydrogens is 196 g/mol. The Morgan fingerprint density at radius 1 is 1.57 bits per heavy atom. The van der Waals surface area contributed by atoms with Gasteiger partial charge in [0.15, 0.2) is 0 Å². The highest BCUT2D eigenvalue weighted by Gasteiger charge is 2.25. The summed E-state index contributed by atoms with van der Waals surface area (Å²) >= 11 is 1.52. The number of nitrogens with two attached hydrogens (primary N) is 2. The average molecular weight is 210 g/mol. The fourth-order valence-electron chi connectivity index (χ4n) is 2.05. The van der Waals surface area contributed by atoms with Gasteiger partial charge in [0.25, 0.3) is 5.91 Å². The van der Waals surface area contributed by atoms with Gasteiger partial charge in [-0.25, -0.2) is 0 Å². The van der Waals surface area contributed by atoms with E-state index in [1.54, 1.807) is 0 Å². The summed E-state index contributed by atoms with van der Waals surface area (Å²) in [5.41, 5.74) is 12.8. The minimum absolute atomic E-state index is 0.380. The minimum Gasteiger partial charge on any atom is -0.390 e. The Morgan fingerprint density at radius 2 is 2.29 bits per heavy atom. The standard InChI is InChI=1S/C10H14N2OS/c1-5-2-3-7-6(4-5)8(9(11)13)10(12)14-7/h5H,2-4,12H2,1H3,(H2,11,13)/t5-/m1/s1. The molecule has 0 unspecified atom stereocenters. The van der Waals surface area contributed by atoms with Crippen LogP contribution in [0.25, 0.3) is 0 Å². The lowest BCUT2D eigenvalue weighted by Crippen LogP contribution is -2.17. The molecule has 0 aliphatic heterocycles. The zero-order chi connectivity index (χ0) is 10.3. The predicted octanol–water partition coefficient (Wildman–Crippen LogP) is 1.55. The molecule has 0 saturated carbocycles. The van der Waals surface area contributed by atoms with E-state index in [1.807, 2.05) is 0 Å². The molecule has 1 aliphatic carbocycles. The van der Waals surface area contributed by atoms with Crippen molar-refractivity contribution in [2.45, 2.75) is 26.2 Å². The van der Waals surface area contributed by atoms with E-state index in [2.05, 4.69) is 6.92 Å². The Morgan fingerprint density at radius 3 is 2.93 bits per heavy atom. The van der Waals surface area contributed by atoms with E-state index >= 15 is 0 Å². The molecule has 0 fully saturated rings. The van der Waals surface area contributed by atoms with Gasteiger partial charge in [-0.2, -0.15) is 0 Å². The Bertz CT molecular complexity index is 384. The van der Waals surface area contributed by atoms with E-state index in [0.717, 1.165) is 18.4 Å². The third-order valence-electron chi connectivity index (χ3n) is 2.78. The predicted molar refractivity (Wildman–Crippen MR) is 58.4 cm³/mol. The Balaban J connectivity index is 2.50. The summed E-state index contributed by atoms with van der Waals surface area (Å²) in [6, 6.07) is 0. The quantitative estimate of drug-likeness (QED) is 0.738. The smallest absolute Gasteiger partial charge is 0.251 e. The van der Waals surface area contributed by atoms with Crippen molar-refractivity contribution in [3.63, 3.8) is 0 Å². The molecule has 0 spiro atoms. The number of thiophene rings is 1. The van der Waals surface area contributed by atoms with Crippen LogP contribution in [0, 0.1) is 5.92 Å². The summed E-state index contributed by atoms with van der Waals surface area (Å²) in [6.45, 7) is 2.20. The summed E-state index contributed by atoms with van der Waals surface area (Å²) in [5.74, 6) is 0.253. The lowest BCUT2D eigenvalue weighted by Gasteiger charge is -2.18. The van der Waals surface area contributed by atoms with Gasteiger partial charge in [0.05, 0.1) is 10.6 Å². The van der Waals surface area contributed by atoms with Gasteiger partial charge in [0.1, 0.15) is 0 Å². The molecule has 0 aromatic carbocycles. The van der Waals surface area contributed by atoms with Crippen LogP contribution in [0.3, 0.4) is 0 Å². The molecule has 0 saturated heterocycles. The van der Waals surface area contributed by atoms with E-state index in [4.69, 9.17) is 11.5 Å². The molecule has 4 heteroatoms. The number of fused-ring (bicyclic) bond motifs is 1. The van der Waals surface area contributed by atoms with Gasteiger partial charge >= 0.3 is 0 Å². The molecular formula is C10H14N2OS. The molecule has 1 atom stereocenters. The Hall–Kier alpha value is -1.03. The van der Waals surface area contributed by atoms with Gasteiger partial charge in [-0.3, -0.25) is 4.79 Å². The normalized spacial score (nSPS) is 20.5. The number of amides is 1. The maximum absolute atomic E-state index is 11.2. The van der Waals surface area contributed by atoms with Crippen LogP contribution >= 0.6 is 11.3 Å². The number of primary amides is 1. The molecule has 0 bridgehead atoms. The highest BCUT2D eigenvalue weighted by molar-refractivity contribution is 7.16. The first-order chi connectivity index (χ1) is 6.59. The van der Waals surface area contributed by atoms with Crippen molar-refractivity contribution in [2.75, 3.05) is 5.73 Å². The van der Waals surface area contributed by atoms with Crippen LogP contribution in [0.1, 0.15) is 34.1 Å². The Labute approximate surface area is 87.1 Å². The summed E-state index contributed by atoms with van der Waals surface area (Å²) in [5, 5.41) is 0.594. The third kappa shape index (κ3) is 1.39. The molecule has 3 nitrogen and oxygen atoms in total. The molecule has 1 aromatic heterocycles. The molecule has 4 N–H and O–H groups in total. The maximum atomic E-state index is 11.2. The average Bonchev–Trinajstić information content (AvgIpc) is 2.40. The van der Waals surface area contributed by atoms with Crippen molar-refractivity contribution in [2.24, 2.45) is 11.7 Å². The van der Waals surface area contributed by atoms with Gasteiger partial charge in [-0.05, 0) is 30.7 Å². The third-order valence-corrected chi connectivity index (χ3v) is 3.90. The largest absolute Gasteiger partial charge is 0.390 e. The van der Waals surface area contributed by atoms with Crippen LogP contribution in [-0.4, -0.2) is 5.91 Å². The van der Waals surface area contributed by atoms with Gasteiger partial charge in [0, 0.05) is 4.88 Å². The summed E-state index contributed by atoms with van der Waals surface area (Å²) in [4.78, 5) is 12.5. The SMILES string of the molecule is C[C@@H]1CCc2sc(N)c(C(N)=O)c2C1. The first-order valence-corrected chi connectivity index (χ1v) is 5.61. The zero-order valence-corrected chi connectivity index (χ0v) is 8.99. The monoisotopic (exact) mass is 210 g/mol. The van der Waals surface area contributed by atoms with Crippen LogP contribution in [-0.2, 0) is 12.8 Å². The van der Waals surface area contributed by atoms with E-state index < -0.39 is 0 Å². The summed E-state index contributed by atoms with van der Waals surface area (Å²) < 4.78 is 0. The lowest BCUT2D eigenvalue weighted by atomic mass is 9.87. The van der Waals surface area contributed by atoms with Crippen LogP contribution < -0.4 is 11.5 Å². The van der Waals surface area contributed by atoms with Crippen molar-refractivity contribution < 1.29 is 4.79 Å². The summed E-state index contributed by atoms with van der Waals surface area (Å²) in [7, 11) is 0. The first kappa shape index (κ1) is 9.52. The first-order valence-electron chi connectivity index (χ1n) is 4.79. The van der Waals surface area contributed by atoms with Gasteiger partial charge < -0.3 is 11.5 Å². The van der Waals surface area contributed by atoms with Crippen LogP contribution in [0.5, 0.6) is 0 Å². The fourth-order valence-corrected chi connectivity index (χ4v) is 3.17. The van der Waals surface area contributed by atoms with Crippen molar-refractivity contribution >= 4 is 22.2 Å². The number of carbonyl (C=O) groups excluding carboxylic acids is 1. The topological polar surface area (TPSA) is 69.1 Å². The minimum atomic E-state index is -0.380. The van der Waals surface area contributed by atoms with Gasteiger partial charge in [-0.1, -0.05) is 6.92 Å². The number of hydrogen-bond donors (Lipinski definition) is 2. The van der Waals surface area contributed by atoms with E-state index in [1.165, 1.54) is 22.6 Å². The Kier molecular flexibility index (Phi) is 2.23. The molecule has 14 heavy (non-hydrogen) atoms. The second kappa shape index (κ2) is 3.28. The molecule has 1 heterocycles. The van der Waals surface area contributed by atoms with E-state index in [-0.39, 0.29) is 5.91 Å². The van der Waals surface area contributed by atoms with Crippen molar-refractivity contribution in [1.82, 2.24) is 0 Å². The number of rotatable bonds is 1. The second-order valence-corrected chi connectivity index (χ2v) is 5.09. The highest BCUT2D eigenvalue weighted by atomic mass is 32.1. The number of aryl methyl sites for hydroxylation is 1. The van der Waals surface area contributed by atoms with Crippen molar-refractivity contribution in [1.29, 1.82) is 0 Å². The molecule has 1 amide bonds. The molecule has 0 radical (unpaired) electrons. The molecule has 2 rings (SSSR count). The number of nitrogen functional groups attached to an aromatic ring is 1. The second-order valence-electron chi connectivity index (χ2n) is 3.96. The van der Waals surface area contributed by atoms with Gasteiger partial charge in [0.2, 0.25) is 0 Å². The highest BCUT2D eigenvalue weighted by Crippen LogP contribution is 2.37. The van der Waals surface area contributed by atoms with Crippen LogP contribution in [0.2, 0.25) is 0 Å². The van der Waals surface area contributed by atoms with Crippen LogP contribution in [0.15, 0.2) is 0 Å².